The van der Waals surface area contributed by atoms with E-state index in [-0.39, 0.29) is 19.7 Å². The van der Waals surface area contributed by atoms with Crippen molar-refractivity contribution in [3.05, 3.63) is 102 Å². The average Bonchev–Trinajstić information content (AvgIpc) is 2.90. The first kappa shape index (κ1) is 28.6. The molecule has 1 heterocycles. The number of aromatic nitrogens is 1. The van der Waals surface area contributed by atoms with E-state index >= 15 is 0 Å². The highest BCUT2D eigenvalue weighted by atomic mass is 16.6. The van der Waals surface area contributed by atoms with Crippen LogP contribution >= 0.6 is 0 Å². The fourth-order valence-electron chi connectivity index (χ4n) is 3.61. The van der Waals surface area contributed by atoms with Gasteiger partial charge in [0.15, 0.2) is 0 Å². The number of hydrazine groups is 2. The van der Waals surface area contributed by atoms with Crippen LogP contribution in [0.2, 0.25) is 0 Å². The van der Waals surface area contributed by atoms with Crippen LogP contribution in [0.5, 0.6) is 0 Å². The van der Waals surface area contributed by atoms with Gasteiger partial charge in [-0.05, 0) is 56.4 Å². The monoisotopic (exact) mass is 520 g/mol. The Morgan fingerprint density at radius 2 is 1.58 bits per heavy atom. The van der Waals surface area contributed by atoms with E-state index in [1.165, 1.54) is 5.01 Å². The van der Waals surface area contributed by atoms with Crippen LogP contribution in [0, 0.1) is 0 Å². The molecule has 38 heavy (non-hydrogen) atoms. The largest absolute Gasteiger partial charge is 0.444 e. The Hall–Kier alpha value is -3.95. The lowest BCUT2D eigenvalue weighted by Crippen LogP contribution is -2.58. The second-order valence-corrected chi connectivity index (χ2v) is 9.85. The first-order valence-corrected chi connectivity index (χ1v) is 12.6. The summed E-state index contributed by atoms with van der Waals surface area (Å²) in [6.07, 6.45) is 1.95. The Kier molecular flexibility index (Phi) is 10.6. The summed E-state index contributed by atoms with van der Waals surface area (Å²) in [4.78, 5) is 30.2. The van der Waals surface area contributed by atoms with E-state index in [0.29, 0.717) is 12.8 Å². The van der Waals surface area contributed by atoms with E-state index in [9.17, 15) is 14.7 Å². The molecule has 202 valence electrons. The Morgan fingerprint density at radius 3 is 2.18 bits per heavy atom. The number of carbonyl (C=O) groups is 2. The Morgan fingerprint density at radius 1 is 0.947 bits per heavy atom. The molecule has 3 rings (SSSR count). The summed E-state index contributed by atoms with van der Waals surface area (Å²) in [6, 6.07) is 22.7. The molecule has 0 aliphatic carbocycles. The van der Waals surface area contributed by atoms with Crippen molar-refractivity contribution < 1.29 is 24.2 Å². The van der Waals surface area contributed by atoms with Crippen LogP contribution in [0.25, 0.3) is 0 Å². The molecule has 0 unspecified atom stereocenters. The highest BCUT2D eigenvalue weighted by Gasteiger charge is 2.31. The zero-order chi connectivity index (χ0) is 27.4. The summed E-state index contributed by atoms with van der Waals surface area (Å²) in [5.41, 5.74) is 4.35. The molecule has 2 amide bonds. The van der Waals surface area contributed by atoms with Gasteiger partial charge in [-0.3, -0.25) is 4.98 Å². The number of aliphatic hydroxyl groups excluding tert-OH is 1. The molecule has 0 aliphatic heterocycles. The third kappa shape index (κ3) is 10.2. The van der Waals surface area contributed by atoms with Crippen LogP contribution in [0.1, 0.15) is 43.9 Å². The molecular formula is C29H36N4O5. The molecular weight excluding hydrogens is 484 g/mol. The van der Waals surface area contributed by atoms with Gasteiger partial charge in [-0.15, -0.1) is 5.12 Å². The van der Waals surface area contributed by atoms with Crippen LogP contribution in [0.4, 0.5) is 9.59 Å². The van der Waals surface area contributed by atoms with Crippen LogP contribution in [0.15, 0.2) is 85.2 Å². The molecule has 0 spiro atoms. The molecule has 1 aromatic heterocycles. The number of aryl methyl sites for hydroxylation is 1. The van der Waals surface area contributed by atoms with Gasteiger partial charge in [-0.1, -0.05) is 66.7 Å². The third-order valence-electron chi connectivity index (χ3n) is 5.38. The van der Waals surface area contributed by atoms with E-state index in [1.54, 1.807) is 39.2 Å². The van der Waals surface area contributed by atoms with Gasteiger partial charge < -0.3 is 14.6 Å². The number of nitrogens with zero attached hydrogens (tertiary/aromatic N) is 3. The lowest BCUT2D eigenvalue weighted by Gasteiger charge is -2.36. The first-order chi connectivity index (χ1) is 18.2. The van der Waals surface area contributed by atoms with E-state index in [0.717, 1.165) is 21.8 Å². The Labute approximate surface area is 223 Å². The van der Waals surface area contributed by atoms with Gasteiger partial charge in [0.1, 0.15) is 12.2 Å². The number of ether oxygens (including phenoxy) is 2. The van der Waals surface area contributed by atoms with E-state index in [4.69, 9.17) is 9.47 Å². The highest BCUT2D eigenvalue weighted by molar-refractivity contribution is 5.73. The smallest absolute Gasteiger partial charge is 0.443 e. The molecule has 0 saturated carbocycles. The van der Waals surface area contributed by atoms with E-state index < -0.39 is 23.9 Å². The Balaban J connectivity index is 1.78. The van der Waals surface area contributed by atoms with Gasteiger partial charge in [0.2, 0.25) is 0 Å². The minimum absolute atomic E-state index is 0.0249. The van der Waals surface area contributed by atoms with Gasteiger partial charge in [0, 0.05) is 25.5 Å². The normalized spacial score (nSPS) is 12.0. The number of aliphatic hydroxyl groups is 1. The van der Waals surface area contributed by atoms with Crippen molar-refractivity contribution in [2.75, 3.05) is 6.54 Å². The maximum absolute atomic E-state index is 13.3. The molecule has 0 saturated heterocycles. The maximum atomic E-state index is 13.3. The van der Waals surface area contributed by atoms with Gasteiger partial charge in [0.05, 0.1) is 6.10 Å². The Bertz CT molecular complexity index is 1120. The molecule has 0 radical (unpaired) electrons. The summed E-state index contributed by atoms with van der Waals surface area (Å²) in [6.45, 7) is 5.44. The SMILES string of the molecule is CC(C)(C)OC(=O)N(NC(=O)OCc1ccccc1)N(Cc1cccnc1)C[C@@H](O)CCc1ccccc1. The summed E-state index contributed by atoms with van der Waals surface area (Å²) in [7, 11) is 0. The van der Waals surface area contributed by atoms with Crippen molar-refractivity contribution in [2.24, 2.45) is 0 Å². The number of pyridine rings is 1. The molecule has 3 aromatic rings. The van der Waals surface area contributed by atoms with Crippen LogP contribution < -0.4 is 5.43 Å². The quantitative estimate of drug-likeness (QED) is 0.368. The molecule has 2 N–H and O–H groups in total. The number of nitrogens with one attached hydrogen (secondary N) is 1. The number of benzene rings is 2. The van der Waals surface area contributed by atoms with Gasteiger partial charge >= 0.3 is 12.2 Å². The summed E-state index contributed by atoms with van der Waals surface area (Å²) in [5.74, 6) is 0. The number of rotatable bonds is 10. The van der Waals surface area contributed by atoms with Crippen LogP contribution in [-0.4, -0.2) is 50.7 Å². The lowest BCUT2D eigenvalue weighted by molar-refractivity contribution is -0.0957. The summed E-state index contributed by atoms with van der Waals surface area (Å²) >= 11 is 0. The number of amides is 2. The molecule has 9 heteroatoms. The maximum Gasteiger partial charge on any atom is 0.444 e. The average molecular weight is 521 g/mol. The fourth-order valence-corrected chi connectivity index (χ4v) is 3.61. The second-order valence-electron chi connectivity index (χ2n) is 9.85. The predicted molar refractivity (Wildman–Crippen MR) is 143 cm³/mol. The fraction of sp³-hybridized carbons (Fsp3) is 0.345. The number of hydrogen-bond donors (Lipinski definition) is 2. The zero-order valence-electron chi connectivity index (χ0n) is 22.1. The van der Waals surface area contributed by atoms with Crippen LogP contribution in [-0.2, 0) is 29.0 Å². The minimum atomic E-state index is -0.838. The van der Waals surface area contributed by atoms with Crippen molar-refractivity contribution in [3.63, 3.8) is 0 Å². The number of hydrogen-bond acceptors (Lipinski definition) is 7. The lowest BCUT2D eigenvalue weighted by atomic mass is 10.1. The van der Waals surface area contributed by atoms with Crippen molar-refractivity contribution in [3.8, 4) is 0 Å². The molecule has 9 nitrogen and oxygen atoms in total. The first-order valence-electron chi connectivity index (χ1n) is 12.6. The second kappa shape index (κ2) is 14.1. The zero-order valence-corrected chi connectivity index (χ0v) is 22.1. The molecule has 2 aromatic carbocycles. The molecule has 1 atom stereocenters. The summed E-state index contributed by atoms with van der Waals surface area (Å²) < 4.78 is 10.9. The molecule has 0 aliphatic rings. The topological polar surface area (TPSA) is 104 Å². The third-order valence-corrected chi connectivity index (χ3v) is 5.38. The predicted octanol–water partition coefficient (Wildman–Crippen LogP) is 4.87. The van der Waals surface area contributed by atoms with Crippen LogP contribution in [0.3, 0.4) is 0 Å². The standard InChI is InChI=1S/C29H36N4O5/c1-29(2,3)38-28(36)33(31-27(35)37-22-24-13-8-5-9-14-24)32(20-25-15-10-18-30-19-25)21-26(34)17-16-23-11-6-4-7-12-23/h4-15,18-19,26,34H,16-17,20-22H2,1-3H3,(H,31,35)/t26-/m0/s1. The van der Waals surface area contributed by atoms with E-state index in [1.807, 2.05) is 66.7 Å². The molecule has 0 fully saturated rings. The van der Waals surface area contributed by atoms with Crippen molar-refractivity contribution in [1.82, 2.24) is 20.5 Å². The summed E-state index contributed by atoms with van der Waals surface area (Å²) in [5, 5.41) is 13.4. The molecule has 0 bridgehead atoms. The minimum Gasteiger partial charge on any atom is -0.443 e. The number of carbonyl (C=O) groups excluding carboxylic acids is 2. The van der Waals surface area contributed by atoms with Gasteiger partial charge in [-0.2, -0.15) is 5.01 Å². The highest BCUT2D eigenvalue weighted by Crippen LogP contribution is 2.15. The van der Waals surface area contributed by atoms with Crippen molar-refractivity contribution >= 4 is 12.2 Å². The van der Waals surface area contributed by atoms with Gasteiger partial charge in [-0.25, -0.2) is 15.0 Å². The van der Waals surface area contributed by atoms with Crippen molar-refractivity contribution in [2.45, 2.75) is 58.5 Å². The van der Waals surface area contributed by atoms with Gasteiger partial charge in [0.25, 0.3) is 0 Å². The van der Waals surface area contributed by atoms with E-state index in [2.05, 4.69) is 10.4 Å². The van der Waals surface area contributed by atoms with Crippen molar-refractivity contribution in [1.29, 1.82) is 0 Å².